The number of rotatable bonds is 6. The molecule has 0 aliphatic rings. The van der Waals surface area contributed by atoms with Gasteiger partial charge < -0.3 is 16.2 Å². The first-order valence-corrected chi connectivity index (χ1v) is 5.67. The van der Waals surface area contributed by atoms with Crippen LogP contribution in [0.1, 0.15) is 19.4 Å². The van der Waals surface area contributed by atoms with Crippen LogP contribution in [0.4, 0.5) is 5.82 Å². The van der Waals surface area contributed by atoms with Gasteiger partial charge in [0.1, 0.15) is 5.82 Å². The molecular formula is C12H21N3O. The van der Waals surface area contributed by atoms with Crippen molar-refractivity contribution in [3.8, 4) is 0 Å². The van der Waals surface area contributed by atoms with Gasteiger partial charge in [0.2, 0.25) is 0 Å². The smallest absolute Gasteiger partial charge is 0.126 e. The standard InChI is InChI=1S/C12H21N3O/c1-9(2)7-14-8-11(16)6-10-4-3-5-15-12(10)13/h3-5,9,11,14,16H,6-8H2,1-2H3,(H2,13,15). The van der Waals surface area contributed by atoms with Crippen LogP contribution in [0.5, 0.6) is 0 Å². The maximum absolute atomic E-state index is 9.79. The number of nitrogens with two attached hydrogens (primary N) is 1. The van der Waals surface area contributed by atoms with Gasteiger partial charge in [-0.3, -0.25) is 0 Å². The van der Waals surface area contributed by atoms with Gasteiger partial charge in [0, 0.05) is 19.2 Å². The molecule has 0 fully saturated rings. The molecular weight excluding hydrogens is 202 g/mol. The average molecular weight is 223 g/mol. The van der Waals surface area contributed by atoms with Gasteiger partial charge >= 0.3 is 0 Å². The SMILES string of the molecule is CC(C)CNCC(O)Cc1cccnc1N. The summed E-state index contributed by atoms with van der Waals surface area (Å²) in [6.45, 7) is 5.78. The molecule has 1 aromatic rings. The van der Waals surface area contributed by atoms with Gasteiger partial charge in [-0.1, -0.05) is 19.9 Å². The van der Waals surface area contributed by atoms with Crippen molar-refractivity contribution in [2.45, 2.75) is 26.4 Å². The van der Waals surface area contributed by atoms with Gasteiger partial charge in [-0.05, 0) is 24.1 Å². The molecule has 4 heteroatoms. The van der Waals surface area contributed by atoms with E-state index in [-0.39, 0.29) is 0 Å². The Hall–Kier alpha value is -1.13. The van der Waals surface area contributed by atoms with Crippen LogP contribution in [0.25, 0.3) is 0 Å². The van der Waals surface area contributed by atoms with Crippen molar-refractivity contribution in [2.24, 2.45) is 5.92 Å². The lowest BCUT2D eigenvalue weighted by Gasteiger charge is -2.13. The Morgan fingerprint density at radius 1 is 1.44 bits per heavy atom. The molecule has 0 saturated carbocycles. The lowest BCUT2D eigenvalue weighted by molar-refractivity contribution is 0.171. The number of nitrogens with one attached hydrogen (secondary N) is 1. The normalized spacial score (nSPS) is 13.0. The summed E-state index contributed by atoms with van der Waals surface area (Å²) in [6.07, 6.45) is 1.79. The largest absolute Gasteiger partial charge is 0.391 e. The summed E-state index contributed by atoms with van der Waals surface area (Å²) in [7, 11) is 0. The quantitative estimate of drug-likeness (QED) is 0.667. The van der Waals surface area contributed by atoms with Crippen LogP contribution < -0.4 is 11.1 Å². The molecule has 1 atom stereocenters. The maximum atomic E-state index is 9.79. The summed E-state index contributed by atoms with van der Waals surface area (Å²) in [5.74, 6) is 1.10. The molecule has 1 aromatic heterocycles. The van der Waals surface area contributed by atoms with Crippen molar-refractivity contribution in [2.75, 3.05) is 18.8 Å². The maximum Gasteiger partial charge on any atom is 0.126 e. The third kappa shape index (κ3) is 4.59. The highest BCUT2D eigenvalue weighted by atomic mass is 16.3. The summed E-state index contributed by atoms with van der Waals surface area (Å²) in [4.78, 5) is 3.99. The van der Waals surface area contributed by atoms with E-state index in [0.717, 1.165) is 12.1 Å². The fourth-order valence-corrected chi connectivity index (χ4v) is 1.49. The Kier molecular flexibility index (Phi) is 5.22. The van der Waals surface area contributed by atoms with Gasteiger partial charge in [-0.25, -0.2) is 4.98 Å². The minimum Gasteiger partial charge on any atom is -0.391 e. The zero-order chi connectivity index (χ0) is 12.0. The monoisotopic (exact) mass is 223 g/mol. The third-order valence-corrected chi connectivity index (χ3v) is 2.31. The minimum atomic E-state index is -0.412. The van der Waals surface area contributed by atoms with Crippen LogP contribution in [0, 0.1) is 5.92 Å². The van der Waals surface area contributed by atoms with Gasteiger partial charge in [0.15, 0.2) is 0 Å². The summed E-state index contributed by atoms with van der Waals surface area (Å²) in [5.41, 5.74) is 6.61. The Morgan fingerprint density at radius 3 is 2.81 bits per heavy atom. The molecule has 0 saturated heterocycles. The predicted octanol–water partition coefficient (Wildman–Crippen LogP) is 0.813. The third-order valence-electron chi connectivity index (χ3n) is 2.31. The molecule has 16 heavy (non-hydrogen) atoms. The van der Waals surface area contributed by atoms with Gasteiger partial charge in [0.05, 0.1) is 6.10 Å². The lowest BCUT2D eigenvalue weighted by atomic mass is 10.1. The van der Waals surface area contributed by atoms with Crippen molar-refractivity contribution in [1.29, 1.82) is 0 Å². The van der Waals surface area contributed by atoms with Crippen LogP contribution in [-0.2, 0) is 6.42 Å². The summed E-state index contributed by atoms with van der Waals surface area (Å²) in [6, 6.07) is 3.73. The van der Waals surface area contributed by atoms with E-state index in [1.807, 2.05) is 12.1 Å². The van der Waals surface area contributed by atoms with Gasteiger partial charge in [0.25, 0.3) is 0 Å². The number of anilines is 1. The van der Waals surface area contributed by atoms with Crippen LogP contribution in [-0.4, -0.2) is 29.3 Å². The van der Waals surface area contributed by atoms with E-state index in [9.17, 15) is 5.11 Å². The average Bonchev–Trinajstić information content (AvgIpc) is 2.21. The van der Waals surface area contributed by atoms with Crippen LogP contribution in [0.15, 0.2) is 18.3 Å². The van der Waals surface area contributed by atoms with Crippen molar-refractivity contribution < 1.29 is 5.11 Å². The number of aliphatic hydroxyl groups is 1. The first kappa shape index (κ1) is 12.9. The summed E-state index contributed by atoms with van der Waals surface area (Å²) in [5, 5.41) is 13.0. The van der Waals surface area contributed by atoms with Crippen molar-refractivity contribution in [3.05, 3.63) is 23.9 Å². The molecule has 1 heterocycles. The van der Waals surface area contributed by atoms with E-state index in [2.05, 4.69) is 24.1 Å². The number of hydrogen-bond donors (Lipinski definition) is 3. The van der Waals surface area contributed by atoms with E-state index in [1.165, 1.54) is 0 Å². The number of nitrogen functional groups attached to an aromatic ring is 1. The van der Waals surface area contributed by atoms with Crippen molar-refractivity contribution in [3.63, 3.8) is 0 Å². The molecule has 4 N–H and O–H groups in total. The Morgan fingerprint density at radius 2 is 2.19 bits per heavy atom. The first-order valence-electron chi connectivity index (χ1n) is 5.67. The van der Waals surface area contributed by atoms with Crippen LogP contribution in [0.3, 0.4) is 0 Å². The second kappa shape index (κ2) is 6.45. The molecule has 0 spiro atoms. The summed E-state index contributed by atoms with van der Waals surface area (Å²) >= 11 is 0. The molecule has 0 radical (unpaired) electrons. The van der Waals surface area contributed by atoms with Crippen molar-refractivity contribution >= 4 is 5.82 Å². The molecule has 0 aliphatic carbocycles. The molecule has 0 aliphatic heterocycles. The van der Waals surface area contributed by atoms with E-state index in [1.54, 1.807) is 6.20 Å². The molecule has 4 nitrogen and oxygen atoms in total. The second-order valence-corrected chi connectivity index (χ2v) is 4.46. The molecule has 0 aromatic carbocycles. The van der Waals surface area contributed by atoms with Crippen molar-refractivity contribution in [1.82, 2.24) is 10.3 Å². The Labute approximate surface area is 96.9 Å². The number of aliphatic hydroxyl groups excluding tert-OH is 1. The molecule has 1 rings (SSSR count). The van der Waals surface area contributed by atoms with Crippen LogP contribution in [0.2, 0.25) is 0 Å². The molecule has 1 unspecified atom stereocenters. The van der Waals surface area contributed by atoms with Crippen LogP contribution >= 0.6 is 0 Å². The molecule has 0 bridgehead atoms. The molecule has 0 amide bonds. The number of hydrogen-bond acceptors (Lipinski definition) is 4. The zero-order valence-electron chi connectivity index (χ0n) is 9.98. The van der Waals surface area contributed by atoms with Gasteiger partial charge in [-0.2, -0.15) is 0 Å². The highest BCUT2D eigenvalue weighted by molar-refractivity contribution is 5.38. The first-order chi connectivity index (χ1) is 7.59. The topological polar surface area (TPSA) is 71.2 Å². The highest BCUT2D eigenvalue weighted by Gasteiger charge is 2.08. The van der Waals surface area contributed by atoms with E-state index < -0.39 is 6.10 Å². The highest BCUT2D eigenvalue weighted by Crippen LogP contribution is 2.09. The van der Waals surface area contributed by atoms with Gasteiger partial charge in [-0.15, -0.1) is 0 Å². The van der Waals surface area contributed by atoms with E-state index in [4.69, 9.17) is 5.73 Å². The number of pyridine rings is 1. The Balaban J connectivity index is 2.34. The Bertz CT molecular complexity index is 315. The lowest BCUT2D eigenvalue weighted by Crippen LogP contribution is -2.31. The predicted molar refractivity (Wildman–Crippen MR) is 66.1 cm³/mol. The number of nitrogens with zero attached hydrogens (tertiary/aromatic N) is 1. The second-order valence-electron chi connectivity index (χ2n) is 4.46. The summed E-state index contributed by atoms with van der Waals surface area (Å²) < 4.78 is 0. The zero-order valence-corrected chi connectivity index (χ0v) is 9.98. The fourth-order valence-electron chi connectivity index (χ4n) is 1.49. The molecule has 90 valence electrons. The van der Waals surface area contributed by atoms with E-state index >= 15 is 0 Å². The fraction of sp³-hybridized carbons (Fsp3) is 0.583. The number of aromatic nitrogens is 1. The minimum absolute atomic E-state index is 0.412. The van der Waals surface area contributed by atoms with E-state index in [0.29, 0.717) is 24.7 Å².